The zero-order valence-corrected chi connectivity index (χ0v) is 4.09. The van der Waals surface area contributed by atoms with Crippen molar-refractivity contribution in [2.45, 2.75) is 12.5 Å². The molecule has 1 fully saturated rings. The van der Waals surface area contributed by atoms with Crippen LogP contribution in [0.2, 0.25) is 0 Å². The predicted octanol–water partition coefficient (Wildman–Crippen LogP) is -1.17. The van der Waals surface area contributed by atoms with E-state index in [1.54, 1.807) is 0 Å². The Kier molecular flexibility index (Phi) is 1.27. The van der Waals surface area contributed by atoms with Crippen LogP contribution in [0.3, 0.4) is 0 Å². The first-order valence-electron chi connectivity index (χ1n) is 2.46. The lowest BCUT2D eigenvalue weighted by Crippen LogP contribution is -2.25. The number of rotatable bonds is 2. The van der Waals surface area contributed by atoms with Crippen molar-refractivity contribution in [3.05, 3.63) is 0 Å². The van der Waals surface area contributed by atoms with Gasteiger partial charge in [0.2, 0.25) is 0 Å². The second-order valence-corrected chi connectivity index (χ2v) is 1.97. The Hall–Kier alpha value is -0.120. The molecule has 1 saturated carbocycles. The van der Waals surface area contributed by atoms with Gasteiger partial charge in [0, 0.05) is 12.5 Å². The minimum atomic E-state index is -0.0731. The topological polar surface area (TPSA) is 58.3 Å². The molecule has 0 heterocycles. The third-order valence-corrected chi connectivity index (χ3v) is 1.27. The van der Waals surface area contributed by atoms with Gasteiger partial charge in [-0.05, 0) is 6.42 Å². The molecule has 0 aromatic heterocycles. The van der Waals surface area contributed by atoms with Gasteiger partial charge in [0.05, 0.1) is 6.10 Å². The Morgan fingerprint density at radius 2 is 2.43 bits per heavy atom. The number of nitrogens with two attached hydrogens (primary N) is 1. The summed E-state index contributed by atoms with van der Waals surface area (Å²) in [4.78, 5) is 0. The first-order valence-corrected chi connectivity index (χ1v) is 2.46. The molecule has 0 amide bonds. The van der Waals surface area contributed by atoms with Gasteiger partial charge in [0.25, 0.3) is 0 Å². The highest BCUT2D eigenvalue weighted by molar-refractivity contribution is 4.86. The zero-order chi connectivity index (χ0) is 5.28. The molecule has 42 valence electrons. The van der Waals surface area contributed by atoms with Crippen molar-refractivity contribution in [2.24, 2.45) is 11.8 Å². The van der Waals surface area contributed by atoms with Crippen molar-refractivity contribution in [1.29, 1.82) is 0 Å². The van der Waals surface area contributed by atoms with Crippen LogP contribution in [-0.4, -0.2) is 17.8 Å². The van der Waals surface area contributed by atoms with Gasteiger partial charge in [-0.15, -0.1) is 0 Å². The second-order valence-electron chi connectivity index (χ2n) is 1.97. The molecular weight excluding hydrogens is 92.1 g/mol. The molecule has 0 aromatic rings. The third-order valence-electron chi connectivity index (χ3n) is 1.27. The molecule has 0 aliphatic heterocycles. The molecule has 0 spiro atoms. The Balaban J connectivity index is 1.98. The number of nitrogens with one attached hydrogen (secondary N) is 1. The summed E-state index contributed by atoms with van der Waals surface area (Å²) in [5.74, 6) is 5.41. The molecule has 0 aromatic carbocycles. The summed E-state index contributed by atoms with van der Waals surface area (Å²) >= 11 is 0. The van der Waals surface area contributed by atoms with Crippen molar-refractivity contribution in [3.8, 4) is 0 Å². The van der Waals surface area contributed by atoms with Gasteiger partial charge in [0.15, 0.2) is 0 Å². The third kappa shape index (κ3) is 1.12. The van der Waals surface area contributed by atoms with Crippen LogP contribution >= 0.6 is 0 Å². The van der Waals surface area contributed by atoms with E-state index in [2.05, 4.69) is 5.43 Å². The lowest BCUT2D eigenvalue weighted by atomic mass is 10.4. The average molecular weight is 102 g/mol. The van der Waals surface area contributed by atoms with Gasteiger partial charge < -0.3 is 5.11 Å². The molecule has 1 aliphatic carbocycles. The summed E-state index contributed by atoms with van der Waals surface area (Å²) in [6.45, 7) is 0.751. The van der Waals surface area contributed by atoms with E-state index in [-0.39, 0.29) is 6.10 Å². The van der Waals surface area contributed by atoms with Gasteiger partial charge in [-0.2, -0.15) is 0 Å². The van der Waals surface area contributed by atoms with Crippen molar-refractivity contribution >= 4 is 0 Å². The molecule has 2 atom stereocenters. The van der Waals surface area contributed by atoms with Crippen molar-refractivity contribution in [3.63, 3.8) is 0 Å². The summed E-state index contributed by atoms with van der Waals surface area (Å²) in [7, 11) is 0. The average Bonchev–Trinajstić information content (AvgIpc) is 2.22. The first kappa shape index (κ1) is 5.03. The van der Waals surface area contributed by atoms with Gasteiger partial charge in [-0.3, -0.25) is 11.3 Å². The zero-order valence-electron chi connectivity index (χ0n) is 4.09. The molecule has 3 nitrogen and oxygen atoms in total. The maximum absolute atomic E-state index is 8.66. The largest absolute Gasteiger partial charge is 0.393 e. The van der Waals surface area contributed by atoms with Crippen LogP contribution in [0, 0.1) is 5.92 Å². The minimum Gasteiger partial charge on any atom is -0.393 e. The maximum Gasteiger partial charge on any atom is 0.0586 e. The van der Waals surface area contributed by atoms with Gasteiger partial charge in [-0.25, -0.2) is 0 Å². The number of aliphatic hydroxyl groups is 1. The fourth-order valence-corrected chi connectivity index (χ4v) is 0.602. The van der Waals surface area contributed by atoms with E-state index in [0.29, 0.717) is 5.92 Å². The Labute approximate surface area is 42.5 Å². The number of hydrazine groups is 1. The van der Waals surface area contributed by atoms with Crippen LogP contribution in [0.15, 0.2) is 0 Å². The van der Waals surface area contributed by atoms with Crippen molar-refractivity contribution in [1.82, 2.24) is 5.43 Å². The quantitative estimate of drug-likeness (QED) is 0.304. The highest BCUT2D eigenvalue weighted by atomic mass is 16.3. The number of hydrogen-bond acceptors (Lipinski definition) is 3. The van der Waals surface area contributed by atoms with Crippen LogP contribution in [0.4, 0.5) is 0 Å². The molecule has 0 radical (unpaired) electrons. The highest BCUT2D eigenvalue weighted by Gasteiger charge is 2.33. The normalized spacial score (nSPS) is 38.6. The highest BCUT2D eigenvalue weighted by Crippen LogP contribution is 2.28. The molecular formula is C4H10N2O. The molecule has 7 heavy (non-hydrogen) atoms. The fraction of sp³-hybridized carbons (Fsp3) is 1.00. The van der Waals surface area contributed by atoms with E-state index < -0.39 is 0 Å². The molecule has 0 bridgehead atoms. The summed E-state index contributed by atoms with van der Waals surface area (Å²) in [5.41, 5.74) is 2.50. The fourth-order valence-electron chi connectivity index (χ4n) is 0.602. The van der Waals surface area contributed by atoms with E-state index >= 15 is 0 Å². The van der Waals surface area contributed by atoms with Gasteiger partial charge >= 0.3 is 0 Å². The van der Waals surface area contributed by atoms with Gasteiger partial charge in [0.1, 0.15) is 0 Å². The second kappa shape index (κ2) is 1.78. The van der Waals surface area contributed by atoms with E-state index in [1.807, 2.05) is 0 Å². The van der Waals surface area contributed by atoms with Crippen LogP contribution in [0.25, 0.3) is 0 Å². The molecule has 1 aliphatic rings. The first-order chi connectivity index (χ1) is 3.34. The SMILES string of the molecule is NNCC1C[C@H]1O. The van der Waals surface area contributed by atoms with Crippen LogP contribution in [-0.2, 0) is 0 Å². The number of aliphatic hydroxyl groups excluding tert-OH is 1. The van der Waals surface area contributed by atoms with Crippen molar-refractivity contribution in [2.75, 3.05) is 6.54 Å². The molecule has 1 unspecified atom stereocenters. The van der Waals surface area contributed by atoms with Crippen LogP contribution < -0.4 is 11.3 Å². The standard InChI is InChI=1S/C4H10N2O/c5-6-2-3-1-4(3)7/h3-4,6-7H,1-2,5H2/t3?,4-/m1/s1. The lowest BCUT2D eigenvalue weighted by molar-refractivity contribution is 0.258. The summed E-state index contributed by atoms with van der Waals surface area (Å²) in [6.07, 6.45) is 0.848. The maximum atomic E-state index is 8.66. The van der Waals surface area contributed by atoms with E-state index in [1.165, 1.54) is 0 Å². The minimum absolute atomic E-state index is 0.0731. The monoisotopic (exact) mass is 102 g/mol. The summed E-state index contributed by atoms with van der Waals surface area (Å²) < 4.78 is 0. The predicted molar refractivity (Wildman–Crippen MR) is 26.3 cm³/mol. The van der Waals surface area contributed by atoms with E-state index in [4.69, 9.17) is 10.9 Å². The Morgan fingerprint density at radius 1 is 1.86 bits per heavy atom. The molecule has 4 N–H and O–H groups in total. The number of hydrogen-bond donors (Lipinski definition) is 3. The van der Waals surface area contributed by atoms with Crippen LogP contribution in [0.5, 0.6) is 0 Å². The Morgan fingerprint density at radius 3 is 2.57 bits per heavy atom. The molecule has 0 saturated heterocycles. The molecule has 3 heteroatoms. The summed E-state index contributed by atoms with van der Waals surface area (Å²) in [5, 5.41) is 8.66. The lowest BCUT2D eigenvalue weighted by Gasteiger charge is -1.89. The van der Waals surface area contributed by atoms with Crippen molar-refractivity contribution < 1.29 is 5.11 Å². The van der Waals surface area contributed by atoms with Gasteiger partial charge in [-0.1, -0.05) is 0 Å². The van der Waals surface area contributed by atoms with E-state index in [9.17, 15) is 0 Å². The van der Waals surface area contributed by atoms with E-state index in [0.717, 1.165) is 13.0 Å². The summed E-state index contributed by atoms with van der Waals surface area (Å²) in [6, 6.07) is 0. The molecule has 1 rings (SSSR count). The Bertz CT molecular complexity index is 66.7. The van der Waals surface area contributed by atoms with Crippen LogP contribution in [0.1, 0.15) is 6.42 Å². The smallest absolute Gasteiger partial charge is 0.0586 e.